The Morgan fingerprint density at radius 2 is 2.23 bits per heavy atom. The summed E-state index contributed by atoms with van der Waals surface area (Å²) in [6, 6.07) is 6.24. The monoisotopic (exact) mass is 409 g/mol. The average Bonchev–Trinajstić information content (AvgIpc) is 3.05. The Labute approximate surface area is 181 Å². The lowest BCUT2D eigenvalue weighted by Crippen LogP contribution is -2.37. The second-order valence-corrected chi connectivity index (χ2v) is 8.12. The van der Waals surface area contributed by atoms with E-state index in [1.807, 2.05) is 11.0 Å². The fourth-order valence-corrected chi connectivity index (χ4v) is 4.02. The molecule has 0 spiro atoms. The molecule has 30 heavy (non-hydrogen) atoms. The Hall–Kier alpha value is -2.37. The number of nitrogens with one attached hydrogen (secondary N) is 1. The van der Waals surface area contributed by atoms with Gasteiger partial charge in [-0.1, -0.05) is 43.0 Å². The van der Waals surface area contributed by atoms with Crippen LogP contribution in [-0.4, -0.2) is 68.7 Å². The molecule has 3 rings (SSSR count). The number of allylic oxidation sites excluding steroid dienone is 1. The van der Waals surface area contributed by atoms with Crippen LogP contribution in [0.4, 0.5) is 5.69 Å². The molecule has 0 saturated carbocycles. The molecule has 5 nitrogen and oxygen atoms in total. The highest BCUT2D eigenvalue weighted by molar-refractivity contribution is 5.63. The highest BCUT2D eigenvalue weighted by Crippen LogP contribution is 2.22. The van der Waals surface area contributed by atoms with E-state index >= 15 is 0 Å². The predicted molar refractivity (Wildman–Crippen MR) is 125 cm³/mol. The molecule has 1 fully saturated rings. The molecule has 1 atom stereocenters. The normalized spacial score (nSPS) is 19.6. The maximum absolute atomic E-state index is 11.6. The SMILES string of the molecule is C=Cc1cccc(NCC2=CCC(CN(C=O)CCN3CCCOCC3)C=C2)c1C. The van der Waals surface area contributed by atoms with Crippen molar-refractivity contribution in [3.63, 3.8) is 0 Å². The lowest BCUT2D eigenvalue weighted by atomic mass is 9.96. The van der Waals surface area contributed by atoms with Crippen molar-refractivity contribution < 1.29 is 9.53 Å². The zero-order chi connectivity index (χ0) is 21.2. The summed E-state index contributed by atoms with van der Waals surface area (Å²) in [5, 5.41) is 3.54. The number of hydrogen-bond donors (Lipinski definition) is 1. The molecule has 1 aromatic rings. The summed E-state index contributed by atoms with van der Waals surface area (Å²) in [4.78, 5) is 15.9. The lowest BCUT2D eigenvalue weighted by Gasteiger charge is -2.27. The van der Waals surface area contributed by atoms with Crippen LogP contribution < -0.4 is 5.32 Å². The molecule has 162 valence electrons. The predicted octanol–water partition coefficient (Wildman–Crippen LogP) is 3.73. The van der Waals surface area contributed by atoms with E-state index in [9.17, 15) is 4.79 Å². The zero-order valence-corrected chi connectivity index (χ0v) is 18.2. The summed E-state index contributed by atoms with van der Waals surface area (Å²) in [5.41, 5.74) is 4.82. The van der Waals surface area contributed by atoms with Crippen LogP contribution in [0.25, 0.3) is 6.08 Å². The Bertz CT molecular complexity index is 764. The van der Waals surface area contributed by atoms with Crippen LogP contribution in [0.2, 0.25) is 0 Å². The minimum Gasteiger partial charge on any atom is -0.381 e. The van der Waals surface area contributed by atoms with E-state index in [-0.39, 0.29) is 0 Å². The number of carbonyl (C=O) groups excluding carboxylic acids is 1. The van der Waals surface area contributed by atoms with Gasteiger partial charge in [-0.15, -0.1) is 0 Å². The molecule has 0 aromatic heterocycles. The molecule has 1 saturated heterocycles. The van der Waals surface area contributed by atoms with E-state index in [0.717, 1.165) is 83.0 Å². The van der Waals surface area contributed by atoms with Crippen molar-refractivity contribution in [1.29, 1.82) is 0 Å². The van der Waals surface area contributed by atoms with Crippen molar-refractivity contribution in [1.82, 2.24) is 9.80 Å². The average molecular weight is 410 g/mol. The van der Waals surface area contributed by atoms with Crippen LogP contribution in [0.1, 0.15) is 24.0 Å². The third-order valence-corrected chi connectivity index (χ3v) is 5.98. The Balaban J connectivity index is 1.43. The molecular formula is C25H35N3O2. The first-order valence-electron chi connectivity index (χ1n) is 11.0. The number of carbonyl (C=O) groups is 1. The van der Waals surface area contributed by atoms with Gasteiger partial charge in [0.05, 0.1) is 6.61 Å². The van der Waals surface area contributed by atoms with Crippen molar-refractivity contribution >= 4 is 18.2 Å². The molecule has 1 N–H and O–H groups in total. The van der Waals surface area contributed by atoms with Crippen LogP contribution in [0.15, 0.2) is 48.6 Å². The van der Waals surface area contributed by atoms with Gasteiger partial charge in [-0.25, -0.2) is 0 Å². The molecule has 1 unspecified atom stereocenters. The van der Waals surface area contributed by atoms with E-state index in [1.165, 1.54) is 11.1 Å². The van der Waals surface area contributed by atoms with Crippen LogP contribution in [0.3, 0.4) is 0 Å². The quantitative estimate of drug-likeness (QED) is 0.598. The molecule has 1 heterocycles. The third kappa shape index (κ3) is 6.57. The van der Waals surface area contributed by atoms with Crippen LogP contribution in [0.5, 0.6) is 0 Å². The second-order valence-electron chi connectivity index (χ2n) is 8.12. The van der Waals surface area contributed by atoms with E-state index in [0.29, 0.717) is 5.92 Å². The van der Waals surface area contributed by atoms with Crippen molar-refractivity contribution in [2.45, 2.75) is 19.8 Å². The van der Waals surface area contributed by atoms with Gasteiger partial charge < -0.3 is 15.0 Å². The Kier molecular flexibility index (Phi) is 8.72. The van der Waals surface area contributed by atoms with Crippen LogP contribution in [0, 0.1) is 12.8 Å². The molecule has 0 bridgehead atoms. The van der Waals surface area contributed by atoms with E-state index in [1.54, 1.807) is 0 Å². The molecule has 1 amide bonds. The minimum absolute atomic E-state index is 0.386. The number of anilines is 1. The van der Waals surface area contributed by atoms with E-state index in [4.69, 9.17) is 4.74 Å². The summed E-state index contributed by atoms with van der Waals surface area (Å²) in [7, 11) is 0. The first-order valence-corrected chi connectivity index (χ1v) is 11.0. The topological polar surface area (TPSA) is 44.8 Å². The molecule has 1 aliphatic heterocycles. The standard InChI is InChI=1S/C25H35N3O2/c1-3-24-6-4-7-25(21(24)2)26-18-22-8-10-23(11-9-22)19-28(20-29)14-13-27-12-5-16-30-17-15-27/h3-4,6-10,20,23,26H,1,5,11-19H2,2H3. The molecule has 2 aliphatic rings. The first-order chi connectivity index (χ1) is 14.7. The summed E-state index contributed by atoms with van der Waals surface area (Å²) >= 11 is 0. The van der Waals surface area contributed by atoms with Gasteiger partial charge in [-0.05, 0) is 48.4 Å². The highest BCUT2D eigenvalue weighted by Gasteiger charge is 2.15. The third-order valence-electron chi connectivity index (χ3n) is 5.98. The van der Waals surface area contributed by atoms with Gasteiger partial charge in [0.15, 0.2) is 0 Å². The Morgan fingerprint density at radius 1 is 1.33 bits per heavy atom. The van der Waals surface area contributed by atoms with Gasteiger partial charge in [0.1, 0.15) is 0 Å². The van der Waals surface area contributed by atoms with Crippen LogP contribution in [-0.2, 0) is 9.53 Å². The van der Waals surface area contributed by atoms with Crippen molar-refractivity contribution in [3.8, 4) is 0 Å². The molecule has 1 aliphatic carbocycles. The number of nitrogens with zero attached hydrogens (tertiary/aromatic N) is 2. The number of amides is 1. The molecule has 1 aromatic carbocycles. The number of benzene rings is 1. The largest absolute Gasteiger partial charge is 0.381 e. The van der Waals surface area contributed by atoms with Crippen molar-refractivity contribution in [2.24, 2.45) is 5.92 Å². The van der Waals surface area contributed by atoms with Crippen molar-refractivity contribution in [3.05, 3.63) is 59.7 Å². The fraction of sp³-hybridized carbons (Fsp3) is 0.480. The zero-order valence-electron chi connectivity index (χ0n) is 18.2. The van der Waals surface area contributed by atoms with Gasteiger partial charge in [0, 0.05) is 51.6 Å². The highest BCUT2D eigenvalue weighted by atomic mass is 16.5. The van der Waals surface area contributed by atoms with E-state index in [2.05, 4.69) is 60.1 Å². The van der Waals surface area contributed by atoms with Gasteiger partial charge in [0.2, 0.25) is 6.41 Å². The van der Waals surface area contributed by atoms with Gasteiger partial charge in [-0.2, -0.15) is 0 Å². The van der Waals surface area contributed by atoms with Gasteiger partial charge in [-0.3, -0.25) is 9.69 Å². The Morgan fingerprint density at radius 3 is 3.00 bits per heavy atom. The fourth-order valence-electron chi connectivity index (χ4n) is 4.02. The number of hydrogen-bond acceptors (Lipinski definition) is 4. The summed E-state index contributed by atoms with van der Waals surface area (Å²) in [6.45, 7) is 13.0. The lowest BCUT2D eigenvalue weighted by molar-refractivity contribution is -0.118. The minimum atomic E-state index is 0.386. The number of ether oxygens (including phenoxy) is 1. The van der Waals surface area contributed by atoms with Crippen molar-refractivity contribution in [2.75, 3.05) is 57.8 Å². The van der Waals surface area contributed by atoms with Crippen LogP contribution >= 0.6 is 0 Å². The second kappa shape index (κ2) is 11.7. The van der Waals surface area contributed by atoms with Gasteiger partial charge >= 0.3 is 0 Å². The summed E-state index contributed by atoms with van der Waals surface area (Å²) < 4.78 is 5.51. The number of rotatable bonds is 10. The molecule has 0 radical (unpaired) electrons. The molecular weight excluding hydrogens is 374 g/mol. The van der Waals surface area contributed by atoms with Gasteiger partial charge in [0.25, 0.3) is 0 Å². The maximum atomic E-state index is 11.6. The first kappa shape index (κ1) is 22.3. The van der Waals surface area contributed by atoms with E-state index < -0.39 is 0 Å². The molecule has 5 heteroatoms. The summed E-state index contributed by atoms with van der Waals surface area (Å²) in [6.07, 6.45) is 11.7. The smallest absolute Gasteiger partial charge is 0.209 e. The maximum Gasteiger partial charge on any atom is 0.209 e. The summed E-state index contributed by atoms with van der Waals surface area (Å²) in [5.74, 6) is 0.386.